The summed E-state index contributed by atoms with van der Waals surface area (Å²) in [6, 6.07) is 0. The molecule has 0 bridgehead atoms. The van der Waals surface area contributed by atoms with Crippen LogP contribution >= 0.6 is 0 Å². The molecule has 0 saturated heterocycles. The summed E-state index contributed by atoms with van der Waals surface area (Å²) in [5, 5.41) is 22.8. The summed E-state index contributed by atoms with van der Waals surface area (Å²) in [5.41, 5.74) is 0. The van der Waals surface area contributed by atoms with Gasteiger partial charge in [-0.15, -0.1) is 0 Å². The second-order valence-electron chi connectivity index (χ2n) is 24.8. The first-order chi connectivity index (χ1) is 39.2. The van der Waals surface area contributed by atoms with E-state index in [2.05, 4.69) is 27.7 Å². The van der Waals surface area contributed by atoms with E-state index < -0.39 is 24.1 Å². The first-order valence-electron chi connectivity index (χ1n) is 36.0. The summed E-state index contributed by atoms with van der Waals surface area (Å²) in [6.45, 7) is 9.06. The Hall–Kier alpha value is -1.50. The number of esters is 2. The molecule has 0 aromatic rings. The van der Waals surface area contributed by atoms with Crippen LogP contribution in [0.25, 0.3) is 0 Å². The summed E-state index contributed by atoms with van der Waals surface area (Å²) < 4.78 is 10.5. The minimum atomic E-state index is -1.25. The Labute approximate surface area is 517 Å². The van der Waals surface area contributed by atoms with Crippen molar-refractivity contribution in [3.8, 4) is 0 Å². The molecule has 0 radical (unpaired) electrons. The average Bonchev–Trinajstić information content (AvgIpc) is 3.44. The van der Waals surface area contributed by atoms with Crippen LogP contribution in [0.5, 0.6) is 0 Å². The van der Waals surface area contributed by atoms with Crippen molar-refractivity contribution in [2.75, 3.05) is 0 Å². The first-order valence-corrected chi connectivity index (χ1v) is 36.0. The summed E-state index contributed by atoms with van der Waals surface area (Å²) in [4.78, 5) is 47.1. The van der Waals surface area contributed by atoms with Crippen molar-refractivity contribution in [1.29, 1.82) is 0 Å². The van der Waals surface area contributed by atoms with Crippen molar-refractivity contribution in [2.45, 2.75) is 438 Å². The minimum absolute atomic E-state index is 0. The summed E-state index contributed by atoms with van der Waals surface area (Å²) in [7, 11) is 0. The SMILES string of the molecule is CCCCCCCCCCCCCCCCCC(=O)OC(CCCCCCCCCCCCCCCC)C(=O)[O-].CCCCCCCCCCCCCCCCCC(=O)OC(CCCCCCCCCCCCCCCC)C(=O)[O-].[Zn+2]. The summed E-state index contributed by atoms with van der Waals surface area (Å²) in [6.07, 6.45) is 73.1. The number of carboxylic acid groups (broad SMARTS) is 2. The van der Waals surface area contributed by atoms with Gasteiger partial charge in [-0.25, -0.2) is 0 Å². The molecule has 0 aromatic carbocycles. The fourth-order valence-electron chi connectivity index (χ4n) is 11.2. The van der Waals surface area contributed by atoms with Crippen LogP contribution in [0.1, 0.15) is 426 Å². The zero-order valence-electron chi connectivity index (χ0n) is 55.0. The molecule has 81 heavy (non-hydrogen) atoms. The normalized spacial score (nSPS) is 11.9. The van der Waals surface area contributed by atoms with Gasteiger partial charge in [0.15, 0.2) is 0 Å². The smallest absolute Gasteiger partial charge is 0.546 e. The van der Waals surface area contributed by atoms with E-state index in [1.54, 1.807) is 0 Å². The fourth-order valence-corrected chi connectivity index (χ4v) is 11.2. The third-order valence-electron chi connectivity index (χ3n) is 16.7. The van der Waals surface area contributed by atoms with Gasteiger partial charge in [0, 0.05) is 12.8 Å². The van der Waals surface area contributed by atoms with E-state index in [4.69, 9.17) is 9.47 Å². The molecular formula is C72H138O8Zn. The maximum absolute atomic E-state index is 12.1. The van der Waals surface area contributed by atoms with Crippen LogP contribution in [0.2, 0.25) is 0 Å². The number of hydrogen-bond acceptors (Lipinski definition) is 8. The van der Waals surface area contributed by atoms with Gasteiger partial charge in [0.05, 0.1) is 11.9 Å². The second-order valence-corrected chi connectivity index (χ2v) is 24.8. The molecule has 2 atom stereocenters. The van der Waals surface area contributed by atoms with Crippen LogP contribution in [-0.2, 0) is 48.1 Å². The Morgan fingerprint density at radius 2 is 0.370 bits per heavy atom. The van der Waals surface area contributed by atoms with E-state index in [9.17, 15) is 29.4 Å². The van der Waals surface area contributed by atoms with Gasteiger partial charge in [-0.1, -0.05) is 374 Å². The van der Waals surface area contributed by atoms with Crippen molar-refractivity contribution in [2.24, 2.45) is 0 Å². The van der Waals surface area contributed by atoms with Crippen molar-refractivity contribution >= 4 is 23.9 Å². The molecule has 0 N–H and O–H groups in total. The van der Waals surface area contributed by atoms with Crippen LogP contribution in [0.4, 0.5) is 0 Å². The molecule has 0 heterocycles. The monoisotopic (exact) mass is 1190 g/mol. The molecule has 0 spiro atoms. The molecule has 0 fully saturated rings. The Morgan fingerprint density at radius 3 is 0.519 bits per heavy atom. The second kappa shape index (κ2) is 72.8. The quantitative estimate of drug-likeness (QED) is 0.0334. The fraction of sp³-hybridized carbons (Fsp3) is 0.944. The standard InChI is InChI=1S/2C36H70O4.Zn/c2*1-3-5-7-9-11-13-15-17-19-21-23-25-27-29-31-33-35(37)40-34(36(38)39)32-30-28-26-24-22-20-18-16-14-12-10-8-6-4-2;/h2*34H,3-33H2,1-2H3,(H,38,39);/q;;+2/p-2. The molecule has 0 aliphatic carbocycles. The Morgan fingerprint density at radius 1 is 0.235 bits per heavy atom. The Bertz CT molecular complexity index is 1170. The summed E-state index contributed by atoms with van der Waals surface area (Å²) in [5.74, 6) is -3.26. The Balaban J connectivity index is -0.00000148. The molecule has 0 rings (SSSR count). The predicted molar refractivity (Wildman–Crippen MR) is 339 cm³/mol. The molecule has 9 heteroatoms. The zero-order chi connectivity index (χ0) is 58.7. The maximum Gasteiger partial charge on any atom is 2.00 e. The van der Waals surface area contributed by atoms with Crippen molar-refractivity contribution in [1.82, 2.24) is 0 Å². The molecule has 0 aromatic heterocycles. The maximum atomic E-state index is 12.1. The van der Waals surface area contributed by atoms with Crippen LogP contribution in [0.3, 0.4) is 0 Å². The Kier molecular flexibility index (Phi) is 75.2. The van der Waals surface area contributed by atoms with Crippen LogP contribution in [0, 0.1) is 0 Å². The van der Waals surface area contributed by atoms with Gasteiger partial charge in [-0.2, -0.15) is 0 Å². The molecule has 0 amide bonds. The van der Waals surface area contributed by atoms with E-state index in [1.165, 1.54) is 295 Å². The molecular weight excluding hydrogens is 1060 g/mol. The van der Waals surface area contributed by atoms with Gasteiger partial charge in [-0.3, -0.25) is 9.59 Å². The van der Waals surface area contributed by atoms with Crippen LogP contribution < -0.4 is 10.2 Å². The van der Waals surface area contributed by atoms with Gasteiger partial charge in [0.25, 0.3) is 0 Å². The number of hydrogen-bond donors (Lipinski definition) is 0. The first kappa shape index (κ1) is 83.7. The van der Waals surface area contributed by atoms with E-state index >= 15 is 0 Å². The number of ether oxygens (including phenoxy) is 2. The van der Waals surface area contributed by atoms with Crippen LogP contribution in [0.15, 0.2) is 0 Å². The van der Waals surface area contributed by atoms with Gasteiger partial charge in [0.2, 0.25) is 0 Å². The largest absolute Gasteiger partial charge is 2.00 e. The molecule has 0 saturated carbocycles. The number of aliphatic carboxylic acids is 2. The number of rotatable bonds is 66. The van der Waals surface area contributed by atoms with Gasteiger partial charge in [0.1, 0.15) is 12.2 Å². The van der Waals surface area contributed by atoms with Crippen molar-refractivity contribution < 1.29 is 58.3 Å². The third-order valence-corrected chi connectivity index (χ3v) is 16.7. The molecule has 8 nitrogen and oxygen atoms in total. The third kappa shape index (κ3) is 70.9. The predicted octanol–water partition coefficient (Wildman–Crippen LogP) is 21.6. The number of carbonyl (C=O) groups excluding carboxylic acids is 4. The molecule has 2 unspecified atom stereocenters. The van der Waals surface area contributed by atoms with Gasteiger partial charge in [-0.05, 0) is 38.5 Å². The van der Waals surface area contributed by atoms with E-state index in [1.807, 2.05) is 0 Å². The number of unbranched alkanes of at least 4 members (excludes halogenated alkanes) is 54. The van der Waals surface area contributed by atoms with Gasteiger partial charge >= 0.3 is 31.4 Å². The van der Waals surface area contributed by atoms with Gasteiger partial charge < -0.3 is 29.3 Å². The van der Waals surface area contributed by atoms with Crippen LogP contribution in [-0.4, -0.2) is 36.1 Å². The topological polar surface area (TPSA) is 133 Å². The van der Waals surface area contributed by atoms with E-state index in [0.29, 0.717) is 25.7 Å². The summed E-state index contributed by atoms with van der Waals surface area (Å²) >= 11 is 0. The molecule has 0 aliphatic heterocycles. The van der Waals surface area contributed by atoms with Crippen molar-refractivity contribution in [3.05, 3.63) is 0 Å². The number of carboxylic acids is 2. The number of carbonyl (C=O) groups is 4. The zero-order valence-corrected chi connectivity index (χ0v) is 57.9. The molecule has 0 aliphatic rings. The minimum Gasteiger partial charge on any atom is -0.546 e. The van der Waals surface area contributed by atoms with Crippen molar-refractivity contribution in [3.63, 3.8) is 0 Å². The molecule has 476 valence electrons. The average molecular weight is 1200 g/mol. The van der Waals surface area contributed by atoms with E-state index in [-0.39, 0.29) is 31.4 Å². The van der Waals surface area contributed by atoms with E-state index in [0.717, 1.165) is 77.0 Å².